The first kappa shape index (κ1) is 23.7. The molecule has 162 valence electrons. The summed E-state index contributed by atoms with van der Waals surface area (Å²) in [5.74, 6) is -0.343. The van der Waals surface area contributed by atoms with Crippen molar-refractivity contribution in [1.82, 2.24) is 0 Å². The number of nitriles is 1. The predicted octanol–water partition coefficient (Wildman–Crippen LogP) is 7.09. The van der Waals surface area contributed by atoms with Crippen molar-refractivity contribution in [3.63, 3.8) is 0 Å². The van der Waals surface area contributed by atoms with Crippen molar-refractivity contribution >= 4 is 49.5 Å². The number of nitrogens with zero attached hydrogens (tertiary/aromatic N) is 1. The van der Waals surface area contributed by atoms with E-state index >= 15 is 0 Å². The Morgan fingerprint density at radius 3 is 2.47 bits per heavy atom. The number of aryl methyl sites for hydroxylation is 1. The van der Waals surface area contributed by atoms with E-state index in [1.54, 1.807) is 36.4 Å². The maximum absolute atomic E-state index is 13.8. The van der Waals surface area contributed by atoms with Crippen molar-refractivity contribution in [3.8, 4) is 11.8 Å². The van der Waals surface area contributed by atoms with Gasteiger partial charge in [0.2, 0.25) is 0 Å². The van der Waals surface area contributed by atoms with Gasteiger partial charge in [-0.25, -0.2) is 4.39 Å². The summed E-state index contributed by atoms with van der Waals surface area (Å²) < 4.78 is 20.8. The molecular formula is C25H19Br2FN2O2. The molecule has 0 spiro atoms. The molecule has 0 radical (unpaired) electrons. The molecule has 0 aliphatic rings. The number of benzene rings is 3. The van der Waals surface area contributed by atoms with Gasteiger partial charge in [0.05, 0.1) is 8.95 Å². The minimum Gasteiger partial charge on any atom is -0.486 e. The van der Waals surface area contributed by atoms with Gasteiger partial charge in [0.1, 0.15) is 29.8 Å². The third kappa shape index (κ3) is 5.64. The highest BCUT2D eigenvalue weighted by atomic mass is 79.9. The molecule has 0 heterocycles. The molecule has 0 aliphatic carbocycles. The Morgan fingerprint density at radius 2 is 1.81 bits per heavy atom. The highest BCUT2D eigenvalue weighted by Crippen LogP contribution is 2.36. The fourth-order valence-electron chi connectivity index (χ4n) is 2.96. The molecule has 0 aliphatic heterocycles. The van der Waals surface area contributed by atoms with Crippen molar-refractivity contribution in [2.45, 2.75) is 20.5 Å². The highest BCUT2D eigenvalue weighted by Gasteiger charge is 2.14. The summed E-state index contributed by atoms with van der Waals surface area (Å²) in [5.41, 5.74) is 3.67. The molecule has 3 rings (SSSR count). The van der Waals surface area contributed by atoms with E-state index in [2.05, 4.69) is 37.2 Å². The topological polar surface area (TPSA) is 62.1 Å². The average Bonchev–Trinajstić information content (AvgIpc) is 2.75. The SMILES string of the molecule is Cc1cccc(NC(=O)/C(C#N)=C/c2cc(Br)c(OCc3ccccc3F)c(Br)c2)c1C. The third-order valence-electron chi connectivity index (χ3n) is 4.88. The van der Waals surface area contributed by atoms with E-state index in [0.29, 0.717) is 31.5 Å². The molecule has 0 fully saturated rings. The van der Waals surface area contributed by atoms with Crippen LogP contribution in [0.4, 0.5) is 10.1 Å². The molecule has 0 bridgehead atoms. The van der Waals surface area contributed by atoms with Gasteiger partial charge in [-0.3, -0.25) is 4.79 Å². The van der Waals surface area contributed by atoms with Crippen molar-refractivity contribution < 1.29 is 13.9 Å². The van der Waals surface area contributed by atoms with E-state index in [9.17, 15) is 14.4 Å². The average molecular weight is 558 g/mol. The lowest BCUT2D eigenvalue weighted by Crippen LogP contribution is -2.14. The summed E-state index contributed by atoms with van der Waals surface area (Å²) in [5, 5.41) is 12.3. The van der Waals surface area contributed by atoms with Gasteiger partial charge in [0, 0.05) is 11.3 Å². The number of ether oxygens (including phenoxy) is 1. The van der Waals surface area contributed by atoms with Crippen LogP contribution in [0.2, 0.25) is 0 Å². The van der Waals surface area contributed by atoms with E-state index in [1.165, 1.54) is 12.1 Å². The fraction of sp³-hybridized carbons (Fsp3) is 0.120. The Kier molecular flexibility index (Phi) is 7.84. The zero-order valence-corrected chi connectivity index (χ0v) is 20.6. The van der Waals surface area contributed by atoms with Gasteiger partial charge in [-0.05, 0) is 92.7 Å². The van der Waals surface area contributed by atoms with Crippen LogP contribution in [0.3, 0.4) is 0 Å². The van der Waals surface area contributed by atoms with E-state index in [1.807, 2.05) is 32.0 Å². The molecule has 0 saturated carbocycles. The summed E-state index contributed by atoms with van der Waals surface area (Å²) >= 11 is 6.90. The predicted molar refractivity (Wildman–Crippen MR) is 131 cm³/mol. The molecule has 7 heteroatoms. The molecule has 3 aromatic rings. The second-order valence-electron chi connectivity index (χ2n) is 7.07. The number of carbonyl (C=O) groups is 1. The minimum absolute atomic E-state index is 0.0373. The van der Waals surface area contributed by atoms with Gasteiger partial charge in [-0.2, -0.15) is 5.26 Å². The molecule has 1 N–H and O–H groups in total. The fourth-order valence-corrected chi connectivity index (χ4v) is 4.41. The van der Waals surface area contributed by atoms with Crippen LogP contribution in [0.1, 0.15) is 22.3 Å². The lowest BCUT2D eigenvalue weighted by Gasteiger charge is -2.12. The van der Waals surface area contributed by atoms with Crippen LogP contribution in [-0.4, -0.2) is 5.91 Å². The number of hydrogen-bond donors (Lipinski definition) is 1. The summed E-state index contributed by atoms with van der Waals surface area (Å²) in [4.78, 5) is 12.7. The van der Waals surface area contributed by atoms with Crippen LogP contribution in [0.5, 0.6) is 5.75 Å². The molecule has 0 unspecified atom stereocenters. The number of anilines is 1. The van der Waals surface area contributed by atoms with Gasteiger partial charge in [-0.1, -0.05) is 30.3 Å². The second kappa shape index (κ2) is 10.6. The van der Waals surface area contributed by atoms with Crippen molar-refractivity contribution in [1.29, 1.82) is 5.26 Å². The molecule has 0 atom stereocenters. The van der Waals surface area contributed by atoms with E-state index in [-0.39, 0.29) is 18.0 Å². The Balaban J connectivity index is 1.80. The van der Waals surface area contributed by atoms with Crippen LogP contribution in [0.25, 0.3) is 6.08 Å². The first-order valence-corrected chi connectivity index (χ1v) is 11.2. The van der Waals surface area contributed by atoms with Crippen LogP contribution in [0.15, 0.2) is 69.1 Å². The van der Waals surface area contributed by atoms with Gasteiger partial charge >= 0.3 is 0 Å². The van der Waals surface area contributed by atoms with Gasteiger partial charge in [0.25, 0.3) is 5.91 Å². The number of hydrogen-bond acceptors (Lipinski definition) is 3. The number of carbonyl (C=O) groups excluding carboxylic acids is 1. The molecule has 1 amide bonds. The normalized spacial score (nSPS) is 11.1. The van der Waals surface area contributed by atoms with Gasteiger partial charge in [-0.15, -0.1) is 0 Å². The summed E-state index contributed by atoms with van der Waals surface area (Å²) in [6.07, 6.45) is 1.50. The van der Waals surface area contributed by atoms with Crippen LogP contribution in [0, 0.1) is 31.0 Å². The zero-order valence-electron chi connectivity index (χ0n) is 17.4. The molecule has 32 heavy (non-hydrogen) atoms. The van der Waals surface area contributed by atoms with E-state index < -0.39 is 5.91 Å². The van der Waals surface area contributed by atoms with Crippen molar-refractivity contribution in [3.05, 3.63) is 97.2 Å². The Hall–Kier alpha value is -2.95. The van der Waals surface area contributed by atoms with Crippen molar-refractivity contribution in [2.24, 2.45) is 0 Å². The molecule has 4 nitrogen and oxygen atoms in total. The first-order chi connectivity index (χ1) is 15.3. The molecular weight excluding hydrogens is 539 g/mol. The third-order valence-corrected chi connectivity index (χ3v) is 6.06. The Morgan fingerprint density at radius 1 is 1.12 bits per heavy atom. The zero-order chi connectivity index (χ0) is 23.3. The van der Waals surface area contributed by atoms with Crippen LogP contribution < -0.4 is 10.1 Å². The number of amides is 1. The number of rotatable bonds is 6. The summed E-state index contributed by atoms with van der Waals surface area (Å²) in [6, 6.07) is 17.4. The van der Waals surface area contributed by atoms with E-state index in [4.69, 9.17) is 4.74 Å². The van der Waals surface area contributed by atoms with Gasteiger partial charge < -0.3 is 10.1 Å². The molecule has 0 aromatic heterocycles. The lowest BCUT2D eigenvalue weighted by molar-refractivity contribution is -0.112. The number of halogens is 3. The van der Waals surface area contributed by atoms with E-state index in [0.717, 1.165) is 11.1 Å². The first-order valence-electron chi connectivity index (χ1n) is 9.64. The maximum Gasteiger partial charge on any atom is 0.266 e. The molecule has 3 aromatic carbocycles. The Labute approximate surface area is 203 Å². The largest absolute Gasteiger partial charge is 0.486 e. The second-order valence-corrected chi connectivity index (χ2v) is 8.77. The van der Waals surface area contributed by atoms with Crippen LogP contribution in [-0.2, 0) is 11.4 Å². The lowest BCUT2D eigenvalue weighted by atomic mass is 10.1. The molecule has 0 saturated heterocycles. The monoisotopic (exact) mass is 556 g/mol. The quantitative estimate of drug-likeness (QED) is 0.260. The van der Waals surface area contributed by atoms with Gasteiger partial charge in [0.15, 0.2) is 0 Å². The summed E-state index contributed by atoms with van der Waals surface area (Å²) in [6.45, 7) is 3.92. The van der Waals surface area contributed by atoms with Crippen LogP contribution >= 0.6 is 31.9 Å². The summed E-state index contributed by atoms with van der Waals surface area (Å²) in [7, 11) is 0. The maximum atomic E-state index is 13.8. The van der Waals surface area contributed by atoms with Crippen molar-refractivity contribution in [2.75, 3.05) is 5.32 Å². The minimum atomic E-state index is -0.492. The standard InChI is InChI=1S/C25H19Br2FN2O2/c1-15-6-5-9-23(16(15)2)30-25(31)19(13-29)10-17-11-20(26)24(21(27)12-17)32-14-18-7-3-4-8-22(18)28/h3-12H,14H2,1-2H3,(H,30,31)/b19-10+. The smallest absolute Gasteiger partial charge is 0.266 e. The Bertz CT molecular complexity index is 1230. The number of nitrogens with one attached hydrogen (secondary N) is 1. The highest BCUT2D eigenvalue weighted by molar-refractivity contribution is 9.11.